The predicted octanol–water partition coefficient (Wildman–Crippen LogP) is 3.00. The van der Waals surface area contributed by atoms with Crippen LogP contribution in [0.15, 0.2) is 28.7 Å². The summed E-state index contributed by atoms with van der Waals surface area (Å²) in [6.07, 6.45) is 2.82. The van der Waals surface area contributed by atoms with E-state index in [-0.39, 0.29) is 6.04 Å². The second-order valence-corrected chi connectivity index (χ2v) is 5.99. The van der Waals surface area contributed by atoms with Gasteiger partial charge in [0.25, 0.3) is 0 Å². The van der Waals surface area contributed by atoms with Crippen LogP contribution in [0.2, 0.25) is 0 Å². The summed E-state index contributed by atoms with van der Waals surface area (Å²) in [7, 11) is 0. The molecule has 4 nitrogen and oxygen atoms in total. The number of aromatic nitrogens is 2. The van der Waals surface area contributed by atoms with E-state index in [9.17, 15) is 0 Å². The van der Waals surface area contributed by atoms with E-state index >= 15 is 0 Å². The molecule has 0 saturated heterocycles. The molecule has 1 aromatic heterocycles. The van der Waals surface area contributed by atoms with E-state index in [1.165, 1.54) is 17.1 Å². The minimum atomic E-state index is 0.0558. The average Bonchev–Trinajstić information content (AvgIpc) is 2.86. The van der Waals surface area contributed by atoms with Gasteiger partial charge in [0.15, 0.2) is 0 Å². The van der Waals surface area contributed by atoms with Crippen molar-refractivity contribution in [3.63, 3.8) is 0 Å². The van der Waals surface area contributed by atoms with Crippen LogP contribution in [0, 0.1) is 0 Å². The fourth-order valence-corrected chi connectivity index (χ4v) is 3.20. The van der Waals surface area contributed by atoms with Crippen molar-refractivity contribution in [3.8, 4) is 0 Å². The van der Waals surface area contributed by atoms with E-state index in [2.05, 4.69) is 43.9 Å². The Labute approximate surface area is 125 Å². The molecule has 0 aliphatic rings. The molecule has 0 aliphatic carbocycles. The third-order valence-corrected chi connectivity index (χ3v) is 4.63. The van der Waals surface area contributed by atoms with E-state index in [1.54, 1.807) is 0 Å². The van der Waals surface area contributed by atoms with Crippen LogP contribution in [-0.4, -0.2) is 9.59 Å². The predicted molar refractivity (Wildman–Crippen MR) is 81.8 cm³/mol. The summed E-state index contributed by atoms with van der Waals surface area (Å²) in [5, 5.41) is 4.20. The molecular formula is C13H17BrN4S. The highest BCUT2D eigenvalue weighted by Crippen LogP contribution is 2.27. The fourth-order valence-electron chi connectivity index (χ4n) is 2.00. The Balaban J connectivity index is 2.20. The molecule has 1 atom stereocenters. The number of benzene rings is 1. The van der Waals surface area contributed by atoms with Crippen LogP contribution in [0.25, 0.3) is 0 Å². The lowest BCUT2D eigenvalue weighted by molar-refractivity contribution is 0.553. The molecule has 0 bridgehead atoms. The largest absolute Gasteiger partial charge is 0.271 e. The molecule has 3 N–H and O–H groups in total. The Kier molecular flexibility index (Phi) is 5.45. The summed E-state index contributed by atoms with van der Waals surface area (Å²) in [6.45, 7) is 2.14. The van der Waals surface area contributed by atoms with Gasteiger partial charge < -0.3 is 0 Å². The van der Waals surface area contributed by atoms with Crippen molar-refractivity contribution in [1.29, 1.82) is 0 Å². The molecule has 6 heteroatoms. The lowest BCUT2D eigenvalue weighted by atomic mass is 10.0. The van der Waals surface area contributed by atoms with Crippen LogP contribution in [0.1, 0.15) is 35.5 Å². The lowest BCUT2D eigenvalue weighted by Gasteiger charge is -2.16. The topological polar surface area (TPSA) is 63.8 Å². The first-order valence-electron chi connectivity index (χ1n) is 6.27. The molecule has 0 fully saturated rings. The van der Waals surface area contributed by atoms with Gasteiger partial charge in [-0.25, -0.2) is 0 Å². The highest BCUT2D eigenvalue weighted by Gasteiger charge is 2.19. The van der Waals surface area contributed by atoms with Crippen molar-refractivity contribution < 1.29 is 0 Å². The Bertz CT molecular complexity index is 529. The highest BCUT2D eigenvalue weighted by atomic mass is 79.9. The monoisotopic (exact) mass is 340 g/mol. The molecule has 19 heavy (non-hydrogen) atoms. The van der Waals surface area contributed by atoms with Crippen LogP contribution >= 0.6 is 27.5 Å². The van der Waals surface area contributed by atoms with Crippen LogP contribution in [-0.2, 0) is 12.8 Å². The van der Waals surface area contributed by atoms with Crippen LogP contribution in [0.4, 0.5) is 0 Å². The number of aryl methyl sites for hydroxylation is 1. The highest BCUT2D eigenvalue weighted by molar-refractivity contribution is 9.10. The fraction of sp³-hybridized carbons (Fsp3) is 0.385. The summed E-state index contributed by atoms with van der Waals surface area (Å²) in [5.74, 6) is 5.71. The van der Waals surface area contributed by atoms with Crippen molar-refractivity contribution in [2.24, 2.45) is 5.84 Å². The molecular weight excluding hydrogens is 324 g/mol. The molecule has 1 unspecified atom stereocenters. The summed E-state index contributed by atoms with van der Waals surface area (Å²) < 4.78 is 5.16. The van der Waals surface area contributed by atoms with E-state index in [0.717, 1.165) is 34.3 Å². The van der Waals surface area contributed by atoms with Gasteiger partial charge in [0.05, 0.1) is 16.6 Å². The molecule has 2 aromatic rings. The maximum Gasteiger partial charge on any atom is 0.0804 e. The minimum Gasteiger partial charge on any atom is -0.271 e. The SMILES string of the molecule is CCCc1nnsc1C(Cc1ccccc1Br)NN. The van der Waals surface area contributed by atoms with E-state index in [0.29, 0.717) is 0 Å². The minimum absolute atomic E-state index is 0.0558. The first-order valence-corrected chi connectivity index (χ1v) is 7.83. The van der Waals surface area contributed by atoms with Crippen molar-refractivity contribution in [2.75, 3.05) is 0 Å². The zero-order chi connectivity index (χ0) is 13.7. The van der Waals surface area contributed by atoms with Crippen molar-refractivity contribution in [2.45, 2.75) is 32.2 Å². The van der Waals surface area contributed by atoms with Gasteiger partial charge in [-0.15, -0.1) is 5.10 Å². The number of hydrogen-bond donors (Lipinski definition) is 2. The van der Waals surface area contributed by atoms with Crippen LogP contribution in [0.5, 0.6) is 0 Å². The first-order chi connectivity index (χ1) is 9.26. The van der Waals surface area contributed by atoms with Gasteiger partial charge in [-0.2, -0.15) is 0 Å². The van der Waals surface area contributed by atoms with Gasteiger partial charge in [0.2, 0.25) is 0 Å². The number of nitrogens with two attached hydrogens (primary N) is 1. The lowest BCUT2D eigenvalue weighted by Crippen LogP contribution is -2.29. The molecule has 0 spiro atoms. The number of hydrazine groups is 1. The zero-order valence-electron chi connectivity index (χ0n) is 10.8. The van der Waals surface area contributed by atoms with Crippen LogP contribution in [0.3, 0.4) is 0 Å². The Morgan fingerprint density at radius 2 is 2.21 bits per heavy atom. The van der Waals surface area contributed by atoms with Crippen LogP contribution < -0.4 is 11.3 Å². The molecule has 102 valence electrons. The van der Waals surface area contributed by atoms with E-state index in [4.69, 9.17) is 5.84 Å². The summed E-state index contributed by atoms with van der Waals surface area (Å²) in [4.78, 5) is 1.14. The van der Waals surface area contributed by atoms with E-state index in [1.807, 2.05) is 18.2 Å². The van der Waals surface area contributed by atoms with Gasteiger partial charge in [0, 0.05) is 4.47 Å². The van der Waals surface area contributed by atoms with Gasteiger partial charge in [-0.05, 0) is 36.0 Å². The van der Waals surface area contributed by atoms with Gasteiger partial charge in [0.1, 0.15) is 0 Å². The second kappa shape index (κ2) is 7.09. The zero-order valence-corrected chi connectivity index (χ0v) is 13.2. The van der Waals surface area contributed by atoms with Gasteiger partial charge in [-0.1, -0.05) is 52.0 Å². The Hall–Kier alpha value is -0.820. The smallest absolute Gasteiger partial charge is 0.0804 e. The standard InChI is InChI=1S/C13H17BrN4S/c1-2-5-11-13(19-18-17-11)12(16-15)8-9-6-3-4-7-10(9)14/h3-4,6-7,12,16H,2,5,8,15H2,1H3. The van der Waals surface area contributed by atoms with Crippen molar-refractivity contribution in [1.82, 2.24) is 15.0 Å². The first kappa shape index (κ1) is 14.6. The third-order valence-electron chi connectivity index (χ3n) is 2.97. The van der Waals surface area contributed by atoms with Gasteiger partial charge in [-0.3, -0.25) is 11.3 Å². The normalized spacial score (nSPS) is 12.6. The molecule has 0 radical (unpaired) electrons. The second-order valence-electron chi connectivity index (χ2n) is 4.35. The quantitative estimate of drug-likeness (QED) is 0.626. The number of nitrogens with one attached hydrogen (secondary N) is 1. The van der Waals surface area contributed by atoms with Crippen molar-refractivity contribution >= 4 is 27.5 Å². The maximum atomic E-state index is 5.71. The number of rotatable bonds is 6. The number of nitrogens with zero attached hydrogens (tertiary/aromatic N) is 2. The molecule has 0 aliphatic heterocycles. The maximum absolute atomic E-state index is 5.71. The van der Waals surface area contributed by atoms with Gasteiger partial charge >= 0.3 is 0 Å². The molecule has 1 heterocycles. The summed E-state index contributed by atoms with van der Waals surface area (Å²) in [5.41, 5.74) is 5.17. The summed E-state index contributed by atoms with van der Waals surface area (Å²) in [6, 6.07) is 8.24. The molecule has 2 rings (SSSR count). The third kappa shape index (κ3) is 3.60. The number of hydrogen-bond acceptors (Lipinski definition) is 5. The molecule has 0 saturated carbocycles. The molecule has 0 amide bonds. The van der Waals surface area contributed by atoms with Crippen molar-refractivity contribution in [3.05, 3.63) is 44.9 Å². The Morgan fingerprint density at radius 1 is 1.42 bits per heavy atom. The van der Waals surface area contributed by atoms with E-state index < -0.39 is 0 Å². The summed E-state index contributed by atoms with van der Waals surface area (Å²) >= 11 is 5.00. The number of halogens is 1. The average molecular weight is 341 g/mol. The Morgan fingerprint density at radius 3 is 2.89 bits per heavy atom. The molecule has 1 aromatic carbocycles.